The minimum absolute atomic E-state index is 0.0857. The van der Waals surface area contributed by atoms with Crippen LogP contribution in [0.1, 0.15) is 41.8 Å². The Morgan fingerprint density at radius 3 is 2.83 bits per heavy atom. The molecular formula is C19H24N2OS. The van der Waals surface area contributed by atoms with E-state index in [4.69, 9.17) is 0 Å². The summed E-state index contributed by atoms with van der Waals surface area (Å²) < 4.78 is 0. The van der Waals surface area contributed by atoms with Crippen LogP contribution in [0, 0.1) is 6.92 Å². The maximum Gasteiger partial charge on any atom is 0.234 e. The van der Waals surface area contributed by atoms with Crippen molar-refractivity contribution in [3.05, 3.63) is 57.8 Å². The molecule has 23 heavy (non-hydrogen) atoms. The highest BCUT2D eigenvalue weighted by molar-refractivity contribution is 7.10. The highest BCUT2D eigenvalue weighted by Gasteiger charge is 2.30. The zero-order valence-electron chi connectivity index (χ0n) is 13.8. The minimum atomic E-state index is 0.0857. The van der Waals surface area contributed by atoms with Gasteiger partial charge in [0.15, 0.2) is 0 Å². The number of aryl methyl sites for hydroxylation is 1. The Bertz CT molecular complexity index is 649. The van der Waals surface area contributed by atoms with Gasteiger partial charge in [0.25, 0.3) is 0 Å². The summed E-state index contributed by atoms with van der Waals surface area (Å²) >= 11 is 1.69. The van der Waals surface area contributed by atoms with Gasteiger partial charge in [0.05, 0.1) is 12.6 Å². The van der Waals surface area contributed by atoms with Crippen molar-refractivity contribution in [2.75, 3.05) is 6.54 Å². The second-order valence-electron chi connectivity index (χ2n) is 6.43. The van der Waals surface area contributed by atoms with Gasteiger partial charge in [-0.1, -0.05) is 35.9 Å². The van der Waals surface area contributed by atoms with E-state index in [1.54, 1.807) is 11.3 Å². The van der Waals surface area contributed by atoms with Gasteiger partial charge in [0.1, 0.15) is 0 Å². The molecule has 4 heteroatoms. The Morgan fingerprint density at radius 1 is 1.35 bits per heavy atom. The summed E-state index contributed by atoms with van der Waals surface area (Å²) in [6.07, 6.45) is 2.42. The van der Waals surface area contributed by atoms with Gasteiger partial charge in [-0.3, -0.25) is 9.69 Å². The maximum absolute atomic E-state index is 12.4. The average Bonchev–Trinajstić information content (AvgIpc) is 3.20. The van der Waals surface area contributed by atoms with Crippen LogP contribution in [0.3, 0.4) is 0 Å². The van der Waals surface area contributed by atoms with E-state index in [0.717, 1.165) is 6.54 Å². The molecule has 3 rings (SSSR count). The van der Waals surface area contributed by atoms with Crippen LogP contribution < -0.4 is 5.32 Å². The van der Waals surface area contributed by atoms with E-state index in [9.17, 15) is 4.79 Å². The number of benzene rings is 1. The predicted octanol–water partition coefficient (Wildman–Crippen LogP) is 3.90. The third kappa shape index (κ3) is 4.66. The van der Waals surface area contributed by atoms with Crippen molar-refractivity contribution in [1.29, 1.82) is 0 Å². The fourth-order valence-corrected chi connectivity index (χ4v) is 3.61. The van der Waals surface area contributed by atoms with Crippen molar-refractivity contribution in [1.82, 2.24) is 10.2 Å². The molecule has 1 aliphatic rings. The third-order valence-corrected chi connectivity index (χ3v) is 5.28. The van der Waals surface area contributed by atoms with E-state index in [2.05, 4.69) is 47.5 Å². The smallest absolute Gasteiger partial charge is 0.234 e. The third-order valence-electron chi connectivity index (χ3n) is 4.23. The minimum Gasteiger partial charge on any atom is -0.348 e. The molecule has 0 radical (unpaired) electrons. The van der Waals surface area contributed by atoms with Crippen LogP contribution in [0.4, 0.5) is 0 Å². The molecule has 1 aromatic carbocycles. The Kier molecular flexibility index (Phi) is 5.13. The number of nitrogens with zero attached hydrogens (tertiary/aromatic N) is 1. The molecule has 3 nitrogen and oxygen atoms in total. The lowest BCUT2D eigenvalue weighted by molar-refractivity contribution is -0.123. The van der Waals surface area contributed by atoms with Gasteiger partial charge in [-0.2, -0.15) is 0 Å². The molecule has 1 heterocycles. The number of rotatable bonds is 7. The molecule has 1 saturated carbocycles. The molecule has 1 unspecified atom stereocenters. The lowest BCUT2D eigenvalue weighted by Crippen LogP contribution is -2.39. The Balaban J connectivity index is 1.58. The molecule has 1 aliphatic carbocycles. The van der Waals surface area contributed by atoms with Gasteiger partial charge in [-0.25, -0.2) is 0 Å². The second kappa shape index (κ2) is 7.28. The summed E-state index contributed by atoms with van der Waals surface area (Å²) in [5.41, 5.74) is 2.56. The van der Waals surface area contributed by atoms with Gasteiger partial charge < -0.3 is 5.32 Å². The van der Waals surface area contributed by atoms with Gasteiger partial charge >= 0.3 is 0 Å². The van der Waals surface area contributed by atoms with Gasteiger partial charge in [-0.05, 0) is 43.7 Å². The number of thiophene rings is 1. The maximum atomic E-state index is 12.4. The fourth-order valence-electron chi connectivity index (χ4n) is 2.88. The molecule has 122 valence electrons. The number of carbonyl (C=O) groups is 1. The van der Waals surface area contributed by atoms with Crippen molar-refractivity contribution < 1.29 is 4.79 Å². The summed E-state index contributed by atoms with van der Waals surface area (Å²) in [6.45, 7) is 5.49. The first kappa shape index (κ1) is 16.2. The second-order valence-corrected chi connectivity index (χ2v) is 7.41. The molecule has 2 aromatic rings. The number of hydrogen-bond acceptors (Lipinski definition) is 3. The first-order valence-electron chi connectivity index (χ1n) is 8.24. The van der Waals surface area contributed by atoms with E-state index < -0.39 is 0 Å². The standard InChI is InChI=1S/C19H24N2OS/c1-14-5-3-6-16(11-14)12-21(17-8-9-17)13-19(22)20-15(2)18-7-4-10-23-18/h3-7,10-11,15,17H,8-9,12-13H2,1-2H3,(H,20,22). The van der Waals surface area contributed by atoms with E-state index in [1.165, 1.54) is 28.8 Å². The van der Waals surface area contributed by atoms with Crippen LogP contribution in [0.2, 0.25) is 0 Å². The molecular weight excluding hydrogens is 304 g/mol. The Labute approximate surface area is 142 Å². The number of nitrogens with one attached hydrogen (secondary N) is 1. The summed E-state index contributed by atoms with van der Waals surface area (Å²) in [7, 11) is 0. The van der Waals surface area contributed by atoms with Gasteiger partial charge in [0.2, 0.25) is 5.91 Å². The fraction of sp³-hybridized carbons (Fsp3) is 0.421. The highest BCUT2D eigenvalue weighted by atomic mass is 32.1. The Hall–Kier alpha value is -1.65. The normalized spacial score (nSPS) is 15.6. The molecule has 1 amide bonds. The number of hydrogen-bond donors (Lipinski definition) is 1. The van der Waals surface area contributed by atoms with Crippen LogP contribution in [0.15, 0.2) is 41.8 Å². The van der Waals surface area contributed by atoms with E-state index in [0.29, 0.717) is 12.6 Å². The van der Waals surface area contributed by atoms with Crippen molar-refractivity contribution in [3.63, 3.8) is 0 Å². The summed E-state index contributed by atoms with van der Waals surface area (Å²) in [5, 5.41) is 5.17. The topological polar surface area (TPSA) is 32.3 Å². The summed E-state index contributed by atoms with van der Waals surface area (Å²) in [6, 6.07) is 13.3. The molecule has 1 fully saturated rings. The molecule has 0 spiro atoms. The largest absolute Gasteiger partial charge is 0.348 e. The lowest BCUT2D eigenvalue weighted by atomic mass is 10.1. The van der Waals surface area contributed by atoms with E-state index >= 15 is 0 Å². The molecule has 1 atom stereocenters. The quantitative estimate of drug-likeness (QED) is 0.836. The van der Waals surface area contributed by atoms with Crippen LogP contribution in [-0.2, 0) is 11.3 Å². The van der Waals surface area contributed by atoms with Gasteiger partial charge in [0, 0.05) is 17.5 Å². The molecule has 0 aliphatic heterocycles. The van der Waals surface area contributed by atoms with Crippen molar-refractivity contribution >= 4 is 17.2 Å². The number of amides is 1. The van der Waals surface area contributed by atoms with E-state index in [-0.39, 0.29) is 11.9 Å². The Morgan fingerprint density at radius 2 is 2.17 bits per heavy atom. The molecule has 1 N–H and O–H groups in total. The van der Waals surface area contributed by atoms with Crippen LogP contribution in [-0.4, -0.2) is 23.4 Å². The van der Waals surface area contributed by atoms with Crippen molar-refractivity contribution in [3.8, 4) is 0 Å². The SMILES string of the molecule is Cc1cccc(CN(CC(=O)NC(C)c2cccs2)C2CC2)c1. The van der Waals surface area contributed by atoms with E-state index in [1.807, 2.05) is 18.4 Å². The van der Waals surface area contributed by atoms with Gasteiger partial charge in [-0.15, -0.1) is 11.3 Å². The number of carbonyl (C=O) groups excluding carboxylic acids is 1. The monoisotopic (exact) mass is 328 g/mol. The zero-order valence-corrected chi connectivity index (χ0v) is 14.6. The highest BCUT2D eigenvalue weighted by Crippen LogP contribution is 2.28. The summed E-state index contributed by atoms with van der Waals surface area (Å²) in [5.74, 6) is 0.116. The zero-order chi connectivity index (χ0) is 16.2. The molecule has 0 bridgehead atoms. The first-order valence-corrected chi connectivity index (χ1v) is 9.12. The molecule has 1 aromatic heterocycles. The summed E-state index contributed by atoms with van der Waals surface area (Å²) in [4.78, 5) is 15.9. The van der Waals surface area contributed by atoms with Crippen LogP contribution in [0.25, 0.3) is 0 Å². The first-order chi connectivity index (χ1) is 11.1. The molecule has 0 saturated heterocycles. The van der Waals surface area contributed by atoms with Crippen LogP contribution >= 0.6 is 11.3 Å². The van der Waals surface area contributed by atoms with Crippen molar-refractivity contribution in [2.45, 2.75) is 45.3 Å². The predicted molar refractivity (Wildman–Crippen MR) is 95.5 cm³/mol. The van der Waals surface area contributed by atoms with Crippen LogP contribution in [0.5, 0.6) is 0 Å². The average molecular weight is 328 g/mol. The van der Waals surface area contributed by atoms with Crippen molar-refractivity contribution in [2.24, 2.45) is 0 Å². The lowest BCUT2D eigenvalue weighted by Gasteiger charge is -2.23.